The predicted octanol–water partition coefficient (Wildman–Crippen LogP) is 3.43. The molecule has 1 unspecified atom stereocenters. The summed E-state index contributed by atoms with van der Waals surface area (Å²) in [5, 5.41) is 16.7. The molecule has 2 aromatic rings. The first-order valence-electron chi connectivity index (χ1n) is 9.28. The van der Waals surface area contributed by atoms with Crippen molar-refractivity contribution < 1.29 is 18.6 Å². The monoisotopic (exact) mass is 391 g/mol. The number of guanidine groups is 1. The molecular weight excluding hydrogens is 364 g/mol. The number of rotatable bonds is 9. The molecule has 0 saturated carbocycles. The fourth-order valence-electron chi connectivity index (χ4n) is 2.69. The molecule has 0 amide bonds. The SMILES string of the molecule is CCNC(=NCC(O)c1ccc(OC(F)F)cc1)NCCc1cccc(C)c1. The van der Waals surface area contributed by atoms with E-state index in [0.29, 0.717) is 24.6 Å². The third-order valence-corrected chi connectivity index (χ3v) is 4.05. The lowest BCUT2D eigenvalue weighted by atomic mass is 10.1. The van der Waals surface area contributed by atoms with Crippen LogP contribution < -0.4 is 15.4 Å². The smallest absolute Gasteiger partial charge is 0.387 e. The van der Waals surface area contributed by atoms with Gasteiger partial charge in [-0.2, -0.15) is 8.78 Å². The van der Waals surface area contributed by atoms with Gasteiger partial charge in [-0.15, -0.1) is 0 Å². The Bertz CT molecular complexity index is 752. The van der Waals surface area contributed by atoms with Crippen molar-refractivity contribution in [2.45, 2.75) is 33.0 Å². The van der Waals surface area contributed by atoms with E-state index in [4.69, 9.17) is 0 Å². The molecule has 0 fully saturated rings. The highest BCUT2D eigenvalue weighted by Gasteiger charge is 2.09. The van der Waals surface area contributed by atoms with Gasteiger partial charge in [0.15, 0.2) is 5.96 Å². The highest BCUT2D eigenvalue weighted by atomic mass is 19.3. The molecule has 0 spiro atoms. The van der Waals surface area contributed by atoms with Crippen molar-refractivity contribution in [1.29, 1.82) is 0 Å². The second kappa shape index (κ2) is 11.2. The molecule has 28 heavy (non-hydrogen) atoms. The first-order valence-corrected chi connectivity index (χ1v) is 9.28. The second-order valence-corrected chi connectivity index (χ2v) is 6.35. The summed E-state index contributed by atoms with van der Waals surface area (Å²) in [5.41, 5.74) is 3.06. The first-order chi connectivity index (χ1) is 13.5. The van der Waals surface area contributed by atoms with Crippen LogP contribution in [0.15, 0.2) is 53.5 Å². The van der Waals surface area contributed by atoms with Gasteiger partial charge in [0.2, 0.25) is 0 Å². The number of halogens is 2. The molecule has 2 rings (SSSR count). The molecule has 2 aromatic carbocycles. The number of hydrogen-bond acceptors (Lipinski definition) is 3. The van der Waals surface area contributed by atoms with E-state index in [2.05, 4.69) is 45.5 Å². The molecule has 0 aliphatic carbocycles. The van der Waals surface area contributed by atoms with Gasteiger partial charge in [-0.05, 0) is 43.5 Å². The first kappa shape index (κ1) is 21.6. The molecular formula is C21H27F2N3O2. The Morgan fingerprint density at radius 3 is 2.54 bits per heavy atom. The third-order valence-electron chi connectivity index (χ3n) is 4.05. The summed E-state index contributed by atoms with van der Waals surface area (Å²) in [5.74, 6) is 0.674. The van der Waals surface area contributed by atoms with Gasteiger partial charge in [-0.1, -0.05) is 42.0 Å². The molecule has 7 heteroatoms. The summed E-state index contributed by atoms with van der Waals surface area (Å²) in [7, 11) is 0. The number of nitrogens with zero attached hydrogens (tertiary/aromatic N) is 1. The number of aliphatic hydroxyl groups is 1. The van der Waals surface area contributed by atoms with E-state index < -0.39 is 12.7 Å². The number of aliphatic imine (C=N–C) groups is 1. The van der Waals surface area contributed by atoms with Crippen LogP contribution in [0.2, 0.25) is 0 Å². The maximum absolute atomic E-state index is 12.2. The largest absolute Gasteiger partial charge is 0.435 e. The number of nitrogens with one attached hydrogen (secondary N) is 2. The highest BCUT2D eigenvalue weighted by Crippen LogP contribution is 2.19. The number of hydrogen-bond donors (Lipinski definition) is 3. The average molecular weight is 391 g/mol. The Kier molecular flexibility index (Phi) is 8.68. The normalized spacial score (nSPS) is 12.7. The summed E-state index contributed by atoms with van der Waals surface area (Å²) in [4.78, 5) is 4.40. The van der Waals surface area contributed by atoms with Crippen molar-refractivity contribution in [2.75, 3.05) is 19.6 Å². The second-order valence-electron chi connectivity index (χ2n) is 6.35. The fraction of sp³-hybridized carbons (Fsp3) is 0.381. The van der Waals surface area contributed by atoms with E-state index in [0.717, 1.165) is 6.42 Å². The average Bonchev–Trinajstić information content (AvgIpc) is 2.66. The summed E-state index contributed by atoms with van der Waals surface area (Å²) in [6, 6.07) is 14.3. The Balaban J connectivity index is 1.88. The lowest BCUT2D eigenvalue weighted by Crippen LogP contribution is -2.38. The number of aryl methyl sites for hydroxylation is 1. The maximum atomic E-state index is 12.2. The molecule has 0 saturated heterocycles. The zero-order chi connectivity index (χ0) is 20.4. The summed E-state index contributed by atoms with van der Waals surface area (Å²) < 4.78 is 28.7. The molecule has 3 N–H and O–H groups in total. The minimum atomic E-state index is -2.87. The van der Waals surface area contributed by atoms with E-state index in [1.54, 1.807) is 12.1 Å². The summed E-state index contributed by atoms with van der Waals surface area (Å²) >= 11 is 0. The quantitative estimate of drug-likeness (QED) is 0.453. The van der Waals surface area contributed by atoms with Gasteiger partial charge in [0.05, 0.1) is 12.6 Å². The minimum absolute atomic E-state index is 0.0561. The number of ether oxygens (including phenoxy) is 1. The molecule has 5 nitrogen and oxygen atoms in total. The van der Waals surface area contributed by atoms with Crippen LogP contribution in [0.3, 0.4) is 0 Å². The molecule has 0 radical (unpaired) electrons. The van der Waals surface area contributed by atoms with Crippen LogP contribution in [-0.4, -0.2) is 37.3 Å². The van der Waals surface area contributed by atoms with Gasteiger partial charge < -0.3 is 20.5 Å². The molecule has 152 valence electrons. The van der Waals surface area contributed by atoms with Crippen molar-refractivity contribution in [3.63, 3.8) is 0 Å². The summed E-state index contributed by atoms with van der Waals surface area (Å²) in [6.07, 6.45) is 0.0214. The van der Waals surface area contributed by atoms with Crippen LogP contribution in [0, 0.1) is 6.92 Å². The van der Waals surface area contributed by atoms with Gasteiger partial charge >= 0.3 is 6.61 Å². The van der Waals surface area contributed by atoms with Crippen molar-refractivity contribution in [1.82, 2.24) is 10.6 Å². The molecule has 0 heterocycles. The third kappa shape index (κ3) is 7.52. The topological polar surface area (TPSA) is 65.9 Å². The van der Waals surface area contributed by atoms with Crippen LogP contribution in [0.25, 0.3) is 0 Å². The van der Waals surface area contributed by atoms with Gasteiger partial charge in [0.25, 0.3) is 0 Å². The van der Waals surface area contributed by atoms with Gasteiger partial charge in [-0.25, -0.2) is 0 Å². The van der Waals surface area contributed by atoms with Crippen LogP contribution in [0.5, 0.6) is 5.75 Å². The van der Waals surface area contributed by atoms with Crippen LogP contribution in [0.1, 0.15) is 29.7 Å². The van der Waals surface area contributed by atoms with Crippen molar-refractivity contribution in [2.24, 2.45) is 4.99 Å². The highest BCUT2D eigenvalue weighted by molar-refractivity contribution is 5.79. The minimum Gasteiger partial charge on any atom is -0.435 e. The van der Waals surface area contributed by atoms with Gasteiger partial charge in [0, 0.05) is 13.1 Å². The maximum Gasteiger partial charge on any atom is 0.387 e. The van der Waals surface area contributed by atoms with E-state index in [9.17, 15) is 13.9 Å². The van der Waals surface area contributed by atoms with E-state index in [1.165, 1.54) is 23.3 Å². The standard InChI is InChI=1S/C21H27F2N3O2/c1-3-24-21(25-12-11-16-6-4-5-15(2)13-16)26-14-19(27)17-7-9-18(10-8-17)28-20(22)23/h4-10,13,19-20,27H,3,11-12,14H2,1-2H3,(H2,24,25,26). The van der Waals surface area contributed by atoms with Crippen LogP contribution in [-0.2, 0) is 6.42 Å². The van der Waals surface area contributed by atoms with E-state index >= 15 is 0 Å². The van der Waals surface area contributed by atoms with Crippen molar-refractivity contribution in [3.05, 3.63) is 65.2 Å². The van der Waals surface area contributed by atoms with Gasteiger partial charge in [0.1, 0.15) is 5.75 Å². The van der Waals surface area contributed by atoms with Crippen LogP contribution in [0.4, 0.5) is 8.78 Å². The van der Waals surface area contributed by atoms with Crippen molar-refractivity contribution >= 4 is 5.96 Å². The Morgan fingerprint density at radius 1 is 1.14 bits per heavy atom. The molecule has 0 aliphatic rings. The van der Waals surface area contributed by atoms with Crippen molar-refractivity contribution in [3.8, 4) is 5.75 Å². The lowest BCUT2D eigenvalue weighted by Gasteiger charge is -2.14. The fourth-order valence-corrected chi connectivity index (χ4v) is 2.69. The Morgan fingerprint density at radius 2 is 1.89 bits per heavy atom. The van der Waals surface area contributed by atoms with E-state index in [-0.39, 0.29) is 12.3 Å². The molecule has 0 aliphatic heterocycles. The van der Waals surface area contributed by atoms with Crippen LogP contribution >= 0.6 is 0 Å². The lowest BCUT2D eigenvalue weighted by molar-refractivity contribution is -0.0498. The Labute approximate surface area is 164 Å². The molecule has 1 atom stereocenters. The zero-order valence-corrected chi connectivity index (χ0v) is 16.2. The molecule has 0 bridgehead atoms. The summed E-state index contributed by atoms with van der Waals surface area (Å²) in [6.45, 7) is 2.73. The number of alkyl halides is 2. The number of aliphatic hydroxyl groups excluding tert-OH is 1. The number of benzene rings is 2. The van der Waals surface area contributed by atoms with Gasteiger partial charge in [-0.3, -0.25) is 4.99 Å². The predicted molar refractivity (Wildman–Crippen MR) is 107 cm³/mol. The van der Waals surface area contributed by atoms with E-state index in [1.807, 2.05) is 13.0 Å². The Hall–Kier alpha value is -2.67. The molecule has 0 aromatic heterocycles. The zero-order valence-electron chi connectivity index (χ0n) is 16.2.